The van der Waals surface area contributed by atoms with E-state index in [9.17, 15) is 9.59 Å². The van der Waals surface area contributed by atoms with Gasteiger partial charge in [0.15, 0.2) is 0 Å². The van der Waals surface area contributed by atoms with E-state index in [0.29, 0.717) is 25.0 Å². The molecule has 2 rings (SSSR count). The Balaban J connectivity index is 1.91. The molecule has 5 heteroatoms. The molecule has 0 aromatic rings. The summed E-state index contributed by atoms with van der Waals surface area (Å²) in [7, 11) is 0. The number of amides is 2. The minimum Gasteiger partial charge on any atom is -0.481 e. The van der Waals surface area contributed by atoms with Crippen LogP contribution in [0.1, 0.15) is 39.5 Å². The second-order valence-electron chi connectivity index (χ2n) is 6.03. The van der Waals surface area contributed by atoms with Crippen molar-refractivity contribution in [2.45, 2.75) is 45.6 Å². The zero-order chi connectivity index (χ0) is 14.0. The average molecular weight is 268 g/mol. The standard InChI is InChI=1S/C14H24N2O3/c1-10-4-3-6-16(11(10)2)14(19)15-7-5-12(9-15)8-13(17)18/h10-12H,3-9H2,1-2H3,(H,17,18). The van der Waals surface area contributed by atoms with Crippen LogP contribution in [0.4, 0.5) is 4.79 Å². The van der Waals surface area contributed by atoms with E-state index < -0.39 is 5.97 Å². The highest BCUT2D eigenvalue weighted by Gasteiger charge is 2.34. The van der Waals surface area contributed by atoms with E-state index in [1.807, 2.05) is 9.80 Å². The number of aliphatic carboxylic acids is 1. The molecule has 108 valence electrons. The summed E-state index contributed by atoms with van der Waals surface area (Å²) in [6.45, 7) is 6.45. The van der Waals surface area contributed by atoms with Gasteiger partial charge in [0.2, 0.25) is 0 Å². The van der Waals surface area contributed by atoms with Crippen LogP contribution < -0.4 is 0 Å². The molecule has 0 spiro atoms. The van der Waals surface area contributed by atoms with Gasteiger partial charge in [0, 0.05) is 32.1 Å². The number of carboxylic acids is 1. The summed E-state index contributed by atoms with van der Waals surface area (Å²) in [5.74, 6) is -0.0895. The predicted octanol–water partition coefficient (Wildman–Crippen LogP) is 2.02. The maximum absolute atomic E-state index is 12.5. The predicted molar refractivity (Wildman–Crippen MR) is 71.9 cm³/mol. The van der Waals surface area contributed by atoms with Gasteiger partial charge in [-0.3, -0.25) is 4.79 Å². The van der Waals surface area contributed by atoms with Crippen molar-refractivity contribution in [2.24, 2.45) is 11.8 Å². The molecule has 2 saturated heterocycles. The van der Waals surface area contributed by atoms with Crippen molar-refractivity contribution in [3.8, 4) is 0 Å². The van der Waals surface area contributed by atoms with E-state index in [-0.39, 0.29) is 18.4 Å². The maximum atomic E-state index is 12.5. The molecule has 2 aliphatic rings. The molecule has 0 aliphatic carbocycles. The van der Waals surface area contributed by atoms with E-state index in [2.05, 4.69) is 13.8 Å². The lowest BCUT2D eigenvalue weighted by molar-refractivity contribution is -0.138. The van der Waals surface area contributed by atoms with Crippen molar-refractivity contribution in [3.63, 3.8) is 0 Å². The fourth-order valence-corrected chi connectivity index (χ4v) is 3.21. The van der Waals surface area contributed by atoms with E-state index in [0.717, 1.165) is 19.4 Å². The Morgan fingerprint density at radius 3 is 2.63 bits per heavy atom. The van der Waals surface area contributed by atoms with Crippen LogP contribution in [0.2, 0.25) is 0 Å². The van der Waals surface area contributed by atoms with Gasteiger partial charge in [0.25, 0.3) is 0 Å². The van der Waals surface area contributed by atoms with Crippen molar-refractivity contribution in [2.75, 3.05) is 19.6 Å². The fraction of sp³-hybridized carbons (Fsp3) is 0.857. The van der Waals surface area contributed by atoms with Crippen LogP contribution in [0.5, 0.6) is 0 Å². The molecule has 0 aromatic carbocycles. The molecule has 3 unspecified atom stereocenters. The molecule has 1 N–H and O–H groups in total. The van der Waals surface area contributed by atoms with Gasteiger partial charge in [-0.2, -0.15) is 0 Å². The lowest BCUT2D eigenvalue weighted by atomic mass is 9.92. The van der Waals surface area contributed by atoms with Crippen molar-refractivity contribution in [1.29, 1.82) is 0 Å². The molecule has 5 nitrogen and oxygen atoms in total. The van der Waals surface area contributed by atoms with Gasteiger partial charge in [-0.1, -0.05) is 6.92 Å². The van der Waals surface area contributed by atoms with Crippen molar-refractivity contribution < 1.29 is 14.7 Å². The first-order chi connectivity index (χ1) is 8.99. The Kier molecular flexibility index (Phi) is 4.32. The Labute approximate surface area is 114 Å². The first kappa shape index (κ1) is 14.2. The van der Waals surface area contributed by atoms with Crippen LogP contribution in [0.15, 0.2) is 0 Å². The molecule has 2 heterocycles. The van der Waals surface area contributed by atoms with Crippen LogP contribution in [0, 0.1) is 11.8 Å². The molecule has 19 heavy (non-hydrogen) atoms. The van der Waals surface area contributed by atoms with Crippen molar-refractivity contribution in [3.05, 3.63) is 0 Å². The maximum Gasteiger partial charge on any atom is 0.320 e. The van der Waals surface area contributed by atoms with Gasteiger partial charge in [-0.05, 0) is 38.0 Å². The number of urea groups is 1. The summed E-state index contributed by atoms with van der Waals surface area (Å²) in [5.41, 5.74) is 0. The Morgan fingerprint density at radius 1 is 1.21 bits per heavy atom. The summed E-state index contributed by atoms with van der Waals surface area (Å²) in [5, 5.41) is 8.81. The highest BCUT2D eigenvalue weighted by atomic mass is 16.4. The third-order valence-electron chi connectivity index (χ3n) is 4.64. The first-order valence-electron chi connectivity index (χ1n) is 7.26. The molecule has 0 aromatic heterocycles. The Bertz CT molecular complexity index is 359. The third-order valence-corrected chi connectivity index (χ3v) is 4.64. The first-order valence-corrected chi connectivity index (χ1v) is 7.26. The molecular formula is C14H24N2O3. The van der Waals surface area contributed by atoms with E-state index in [1.165, 1.54) is 6.42 Å². The largest absolute Gasteiger partial charge is 0.481 e. The SMILES string of the molecule is CC1CCCN(C(=O)N2CCC(CC(=O)O)C2)C1C. The van der Waals surface area contributed by atoms with Gasteiger partial charge < -0.3 is 14.9 Å². The van der Waals surface area contributed by atoms with Crippen molar-refractivity contribution in [1.82, 2.24) is 9.80 Å². The molecule has 2 fully saturated rings. The summed E-state index contributed by atoms with van der Waals surface area (Å²) < 4.78 is 0. The topological polar surface area (TPSA) is 60.9 Å². The van der Waals surface area contributed by atoms with Crippen LogP contribution in [-0.2, 0) is 4.79 Å². The number of likely N-dealkylation sites (tertiary alicyclic amines) is 2. The second kappa shape index (κ2) is 5.80. The van der Waals surface area contributed by atoms with E-state index >= 15 is 0 Å². The quantitative estimate of drug-likeness (QED) is 0.833. The summed E-state index contributed by atoms with van der Waals surface area (Å²) in [4.78, 5) is 27.0. The summed E-state index contributed by atoms with van der Waals surface area (Å²) in [6.07, 6.45) is 3.25. The van der Waals surface area contributed by atoms with Gasteiger partial charge >= 0.3 is 12.0 Å². The number of nitrogens with zero attached hydrogens (tertiary/aromatic N) is 2. The summed E-state index contributed by atoms with van der Waals surface area (Å²) in [6, 6.07) is 0.395. The van der Waals surface area contributed by atoms with Gasteiger partial charge in [0.05, 0.1) is 0 Å². The zero-order valence-electron chi connectivity index (χ0n) is 11.8. The average Bonchev–Trinajstić information content (AvgIpc) is 2.79. The van der Waals surface area contributed by atoms with Crippen LogP contribution in [-0.4, -0.2) is 52.6 Å². The molecule has 0 saturated carbocycles. The normalized spacial score (nSPS) is 31.6. The van der Waals surface area contributed by atoms with Crippen LogP contribution >= 0.6 is 0 Å². The van der Waals surface area contributed by atoms with Crippen molar-refractivity contribution >= 4 is 12.0 Å². The third kappa shape index (κ3) is 3.19. The Hall–Kier alpha value is -1.26. The molecule has 3 atom stereocenters. The number of piperidine rings is 1. The molecule has 0 radical (unpaired) electrons. The number of hydrogen-bond acceptors (Lipinski definition) is 2. The number of carboxylic acid groups (broad SMARTS) is 1. The second-order valence-corrected chi connectivity index (χ2v) is 6.03. The smallest absolute Gasteiger partial charge is 0.320 e. The van der Waals surface area contributed by atoms with Crippen LogP contribution in [0.25, 0.3) is 0 Å². The van der Waals surface area contributed by atoms with Gasteiger partial charge in [0.1, 0.15) is 0 Å². The molecular weight excluding hydrogens is 244 g/mol. The molecule has 2 amide bonds. The highest BCUT2D eigenvalue weighted by molar-refractivity contribution is 5.75. The minimum absolute atomic E-state index is 0.104. The number of carbonyl (C=O) groups excluding carboxylic acids is 1. The van der Waals surface area contributed by atoms with Crippen LogP contribution in [0.3, 0.4) is 0 Å². The summed E-state index contributed by atoms with van der Waals surface area (Å²) >= 11 is 0. The lowest BCUT2D eigenvalue weighted by Gasteiger charge is -2.39. The number of rotatable bonds is 2. The van der Waals surface area contributed by atoms with Gasteiger partial charge in [-0.25, -0.2) is 4.79 Å². The monoisotopic (exact) mass is 268 g/mol. The minimum atomic E-state index is -0.765. The molecule has 0 bridgehead atoms. The molecule has 2 aliphatic heterocycles. The number of hydrogen-bond donors (Lipinski definition) is 1. The van der Waals surface area contributed by atoms with Gasteiger partial charge in [-0.15, -0.1) is 0 Å². The number of carbonyl (C=O) groups is 2. The Morgan fingerprint density at radius 2 is 1.95 bits per heavy atom. The van der Waals surface area contributed by atoms with E-state index in [4.69, 9.17) is 5.11 Å². The lowest BCUT2D eigenvalue weighted by Crippen LogP contribution is -2.51. The fourth-order valence-electron chi connectivity index (χ4n) is 3.21. The highest BCUT2D eigenvalue weighted by Crippen LogP contribution is 2.26. The van der Waals surface area contributed by atoms with E-state index in [1.54, 1.807) is 0 Å². The zero-order valence-corrected chi connectivity index (χ0v) is 11.8.